The third-order valence-corrected chi connectivity index (χ3v) is 3.53. The monoisotopic (exact) mass is 248 g/mol. The SMILES string of the molecule is COCCNCCNCC1Cc2ccccc2C1. The number of methoxy groups -OCH3 is 1. The molecule has 1 aliphatic carbocycles. The van der Waals surface area contributed by atoms with Crippen molar-refractivity contribution in [2.45, 2.75) is 12.8 Å². The molecule has 3 heteroatoms. The molecule has 1 aliphatic rings. The van der Waals surface area contributed by atoms with Crippen LogP contribution in [0.25, 0.3) is 0 Å². The molecule has 0 spiro atoms. The minimum Gasteiger partial charge on any atom is -0.383 e. The van der Waals surface area contributed by atoms with Crippen molar-refractivity contribution in [2.75, 3.05) is 39.9 Å². The molecular formula is C15H24N2O. The van der Waals surface area contributed by atoms with Crippen LogP contribution in [0.2, 0.25) is 0 Å². The molecule has 1 aromatic carbocycles. The molecule has 3 nitrogen and oxygen atoms in total. The molecule has 2 rings (SSSR count). The van der Waals surface area contributed by atoms with E-state index in [0.29, 0.717) is 0 Å². The summed E-state index contributed by atoms with van der Waals surface area (Å²) in [7, 11) is 1.73. The van der Waals surface area contributed by atoms with Crippen LogP contribution in [-0.2, 0) is 17.6 Å². The Balaban J connectivity index is 1.54. The van der Waals surface area contributed by atoms with Gasteiger partial charge in [0.15, 0.2) is 0 Å². The fourth-order valence-corrected chi connectivity index (χ4v) is 2.58. The van der Waals surface area contributed by atoms with E-state index in [0.717, 1.165) is 38.7 Å². The first-order chi connectivity index (χ1) is 8.90. The van der Waals surface area contributed by atoms with Crippen LogP contribution in [-0.4, -0.2) is 39.9 Å². The zero-order valence-corrected chi connectivity index (χ0v) is 11.2. The Kier molecular flexibility index (Phi) is 5.65. The highest BCUT2D eigenvalue weighted by atomic mass is 16.5. The van der Waals surface area contributed by atoms with Crippen molar-refractivity contribution in [3.05, 3.63) is 35.4 Å². The van der Waals surface area contributed by atoms with Gasteiger partial charge in [-0.1, -0.05) is 24.3 Å². The van der Waals surface area contributed by atoms with Crippen LogP contribution in [0, 0.1) is 5.92 Å². The average Bonchev–Trinajstić information content (AvgIpc) is 2.80. The normalized spacial score (nSPS) is 14.9. The van der Waals surface area contributed by atoms with Crippen molar-refractivity contribution in [1.82, 2.24) is 10.6 Å². The van der Waals surface area contributed by atoms with Crippen molar-refractivity contribution in [3.63, 3.8) is 0 Å². The lowest BCUT2D eigenvalue weighted by atomic mass is 10.1. The van der Waals surface area contributed by atoms with E-state index >= 15 is 0 Å². The fraction of sp³-hybridized carbons (Fsp3) is 0.600. The summed E-state index contributed by atoms with van der Waals surface area (Å²) in [6.07, 6.45) is 2.47. The van der Waals surface area contributed by atoms with E-state index in [1.165, 1.54) is 12.8 Å². The number of fused-ring (bicyclic) bond motifs is 1. The second-order valence-electron chi connectivity index (χ2n) is 4.99. The predicted octanol–water partition coefficient (Wildman–Crippen LogP) is 1.23. The molecule has 0 heterocycles. The molecule has 0 amide bonds. The molecule has 0 aliphatic heterocycles. The molecule has 2 N–H and O–H groups in total. The summed E-state index contributed by atoms with van der Waals surface area (Å²) < 4.78 is 4.98. The summed E-state index contributed by atoms with van der Waals surface area (Å²) in [5.41, 5.74) is 3.09. The van der Waals surface area contributed by atoms with Crippen LogP contribution in [0.4, 0.5) is 0 Å². The topological polar surface area (TPSA) is 33.3 Å². The Morgan fingerprint density at radius 2 is 1.72 bits per heavy atom. The summed E-state index contributed by atoms with van der Waals surface area (Å²) in [6, 6.07) is 8.83. The average molecular weight is 248 g/mol. The van der Waals surface area contributed by atoms with E-state index < -0.39 is 0 Å². The summed E-state index contributed by atoms with van der Waals surface area (Å²) in [5, 5.41) is 6.88. The van der Waals surface area contributed by atoms with E-state index in [9.17, 15) is 0 Å². The highest BCUT2D eigenvalue weighted by Gasteiger charge is 2.19. The molecule has 0 atom stereocenters. The second kappa shape index (κ2) is 7.52. The maximum Gasteiger partial charge on any atom is 0.0587 e. The van der Waals surface area contributed by atoms with Gasteiger partial charge in [-0.2, -0.15) is 0 Å². The fourth-order valence-electron chi connectivity index (χ4n) is 2.58. The van der Waals surface area contributed by atoms with Gasteiger partial charge in [-0.3, -0.25) is 0 Å². The maximum atomic E-state index is 4.98. The lowest BCUT2D eigenvalue weighted by molar-refractivity contribution is 0.199. The number of hydrogen-bond donors (Lipinski definition) is 2. The molecule has 0 bridgehead atoms. The van der Waals surface area contributed by atoms with Gasteiger partial charge in [0.2, 0.25) is 0 Å². The number of hydrogen-bond acceptors (Lipinski definition) is 3. The van der Waals surface area contributed by atoms with Gasteiger partial charge in [0, 0.05) is 26.7 Å². The number of nitrogens with one attached hydrogen (secondary N) is 2. The first kappa shape index (κ1) is 13.5. The lowest BCUT2D eigenvalue weighted by Crippen LogP contribution is -2.32. The first-order valence-electron chi connectivity index (χ1n) is 6.87. The largest absolute Gasteiger partial charge is 0.383 e. The van der Waals surface area contributed by atoms with E-state index in [-0.39, 0.29) is 0 Å². The molecule has 0 saturated carbocycles. The van der Waals surface area contributed by atoms with Crippen LogP contribution >= 0.6 is 0 Å². The van der Waals surface area contributed by atoms with Gasteiger partial charge >= 0.3 is 0 Å². The Labute approximate surface area is 110 Å². The van der Waals surface area contributed by atoms with E-state index in [2.05, 4.69) is 34.9 Å². The van der Waals surface area contributed by atoms with Gasteiger partial charge in [0.25, 0.3) is 0 Å². The van der Waals surface area contributed by atoms with Gasteiger partial charge < -0.3 is 15.4 Å². The minimum atomic E-state index is 0.779. The molecule has 1 aromatic rings. The number of benzene rings is 1. The molecule has 18 heavy (non-hydrogen) atoms. The quantitative estimate of drug-likeness (QED) is 0.679. The molecule has 0 aromatic heterocycles. The van der Waals surface area contributed by atoms with Gasteiger partial charge in [0.05, 0.1) is 6.61 Å². The van der Waals surface area contributed by atoms with Crippen molar-refractivity contribution in [2.24, 2.45) is 5.92 Å². The Bertz CT molecular complexity index is 329. The Hall–Kier alpha value is -0.900. The van der Waals surface area contributed by atoms with Crippen molar-refractivity contribution in [3.8, 4) is 0 Å². The minimum absolute atomic E-state index is 0.779. The summed E-state index contributed by atoms with van der Waals surface area (Å²) in [5.74, 6) is 0.779. The van der Waals surface area contributed by atoms with Gasteiger partial charge in [-0.15, -0.1) is 0 Å². The van der Waals surface area contributed by atoms with Gasteiger partial charge in [0.1, 0.15) is 0 Å². The van der Waals surface area contributed by atoms with Crippen LogP contribution in [0.3, 0.4) is 0 Å². The summed E-state index contributed by atoms with van der Waals surface area (Å²) in [4.78, 5) is 0. The zero-order chi connectivity index (χ0) is 12.6. The van der Waals surface area contributed by atoms with Gasteiger partial charge in [-0.05, 0) is 36.4 Å². The zero-order valence-electron chi connectivity index (χ0n) is 11.2. The molecular weight excluding hydrogens is 224 g/mol. The summed E-state index contributed by atoms with van der Waals surface area (Å²) in [6.45, 7) is 4.91. The lowest BCUT2D eigenvalue weighted by Gasteiger charge is -2.11. The second-order valence-corrected chi connectivity index (χ2v) is 4.99. The Morgan fingerprint density at radius 3 is 2.39 bits per heavy atom. The maximum absolute atomic E-state index is 4.98. The van der Waals surface area contributed by atoms with E-state index in [1.54, 1.807) is 18.2 Å². The molecule has 0 unspecified atom stereocenters. The molecule has 100 valence electrons. The first-order valence-corrected chi connectivity index (χ1v) is 6.87. The van der Waals surface area contributed by atoms with Crippen LogP contribution in [0.1, 0.15) is 11.1 Å². The summed E-state index contributed by atoms with van der Waals surface area (Å²) >= 11 is 0. The number of ether oxygens (including phenoxy) is 1. The Morgan fingerprint density at radius 1 is 1.06 bits per heavy atom. The van der Waals surface area contributed by atoms with E-state index in [1.807, 2.05) is 0 Å². The van der Waals surface area contributed by atoms with E-state index in [4.69, 9.17) is 4.74 Å². The third-order valence-electron chi connectivity index (χ3n) is 3.53. The molecule has 0 fully saturated rings. The van der Waals surface area contributed by atoms with Crippen LogP contribution < -0.4 is 10.6 Å². The molecule has 0 radical (unpaired) electrons. The highest BCUT2D eigenvalue weighted by Crippen LogP contribution is 2.25. The van der Waals surface area contributed by atoms with Crippen LogP contribution in [0.15, 0.2) is 24.3 Å². The van der Waals surface area contributed by atoms with Crippen molar-refractivity contribution in [1.29, 1.82) is 0 Å². The molecule has 0 saturated heterocycles. The predicted molar refractivity (Wildman–Crippen MR) is 75.0 cm³/mol. The van der Waals surface area contributed by atoms with Crippen molar-refractivity contribution < 1.29 is 4.74 Å². The smallest absolute Gasteiger partial charge is 0.0587 e. The highest BCUT2D eigenvalue weighted by molar-refractivity contribution is 5.32. The van der Waals surface area contributed by atoms with Gasteiger partial charge in [-0.25, -0.2) is 0 Å². The van der Waals surface area contributed by atoms with Crippen molar-refractivity contribution >= 4 is 0 Å². The standard InChI is InChI=1S/C15H24N2O/c1-18-9-8-16-6-7-17-12-13-10-14-4-2-3-5-15(14)11-13/h2-5,13,16-17H,6-12H2,1H3. The van der Waals surface area contributed by atoms with Crippen LogP contribution in [0.5, 0.6) is 0 Å². The third kappa shape index (κ3) is 4.09. The number of rotatable bonds is 8.